The van der Waals surface area contributed by atoms with Gasteiger partial charge in [0.05, 0.1) is 27.0 Å². The lowest BCUT2D eigenvalue weighted by atomic mass is 10.2. The predicted octanol–water partition coefficient (Wildman–Crippen LogP) is 4.12. The Bertz CT molecular complexity index is 684. The van der Waals surface area contributed by atoms with Crippen molar-refractivity contribution in [2.24, 2.45) is 0 Å². The van der Waals surface area contributed by atoms with E-state index < -0.39 is 6.04 Å². The van der Waals surface area contributed by atoms with E-state index in [0.717, 1.165) is 5.52 Å². The number of alkyl halides is 1. The van der Waals surface area contributed by atoms with Crippen molar-refractivity contribution >= 4 is 51.7 Å². The molecule has 0 aliphatic carbocycles. The molecule has 0 radical (unpaired) electrons. The van der Waals surface area contributed by atoms with Gasteiger partial charge in [0.15, 0.2) is 0 Å². The van der Waals surface area contributed by atoms with E-state index in [2.05, 4.69) is 4.98 Å². The molecule has 7 heteroatoms. The van der Waals surface area contributed by atoms with E-state index in [0.29, 0.717) is 27.9 Å². The summed E-state index contributed by atoms with van der Waals surface area (Å²) < 4.78 is 1.82. The largest absolute Gasteiger partial charge is 0.344 e. The summed E-state index contributed by atoms with van der Waals surface area (Å²) in [7, 11) is 1.77. The molecule has 2 aromatic rings. The molecule has 0 N–H and O–H groups in total. The molecule has 1 amide bonds. The first-order valence-electron chi connectivity index (χ1n) is 6.57. The van der Waals surface area contributed by atoms with Gasteiger partial charge in [0.25, 0.3) is 0 Å². The Morgan fingerprint density at radius 2 is 2.00 bits per heavy atom. The normalized spacial score (nSPS) is 12.7. The Morgan fingerprint density at radius 1 is 1.38 bits per heavy atom. The maximum Gasteiger partial charge on any atom is 0.245 e. The molecule has 2 rings (SSSR count). The highest BCUT2D eigenvalue weighted by Gasteiger charge is 2.23. The van der Waals surface area contributed by atoms with Crippen LogP contribution in [0.25, 0.3) is 11.0 Å². The lowest BCUT2D eigenvalue weighted by molar-refractivity contribution is -0.132. The van der Waals surface area contributed by atoms with Gasteiger partial charge in [0.1, 0.15) is 11.9 Å². The van der Waals surface area contributed by atoms with Crippen LogP contribution in [0.2, 0.25) is 10.0 Å². The Kier molecular flexibility index (Phi) is 5.02. The molecule has 0 spiro atoms. The number of amides is 1. The zero-order valence-corrected chi connectivity index (χ0v) is 14.3. The Balaban J connectivity index is 2.61. The number of benzene rings is 1. The third-order valence-corrected chi connectivity index (χ3v) is 4.48. The summed E-state index contributed by atoms with van der Waals surface area (Å²) in [6, 6.07) is 3.00. The van der Waals surface area contributed by atoms with Crippen molar-refractivity contribution in [3.05, 3.63) is 28.0 Å². The average Bonchev–Trinajstić information content (AvgIpc) is 2.82. The number of nitrogens with zero attached hydrogens (tertiary/aromatic N) is 3. The Morgan fingerprint density at radius 3 is 2.57 bits per heavy atom. The number of carbonyl (C=O) groups excluding carboxylic acids is 1. The Labute approximate surface area is 138 Å². The van der Waals surface area contributed by atoms with Crippen molar-refractivity contribution in [1.82, 2.24) is 14.5 Å². The summed E-state index contributed by atoms with van der Waals surface area (Å²) in [6.07, 6.45) is 0. The third kappa shape index (κ3) is 2.98. The van der Waals surface area contributed by atoms with Crippen molar-refractivity contribution in [2.75, 3.05) is 13.6 Å². The smallest absolute Gasteiger partial charge is 0.245 e. The minimum Gasteiger partial charge on any atom is -0.344 e. The molecule has 4 nitrogen and oxygen atoms in total. The number of imidazole rings is 1. The number of likely N-dealkylation sites (N-methyl/N-ethyl adjacent to an activating group) is 1. The molecule has 0 aliphatic heterocycles. The summed E-state index contributed by atoms with van der Waals surface area (Å²) in [6.45, 7) is 4.39. The Hall–Kier alpha value is -0.970. The summed E-state index contributed by atoms with van der Waals surface area (Å²) in [5.74, 6) is 0.821. The minimum absolute atomic E-state index is 0.00533. The van der Waals surface area contributed by atoms with E-state index in [-0.39, 0.29) is 11.8 Å². The molecule has 21 heavy (non-hydrogen) atoms. The molecule has 0 saturated heterocycles. The number of halogens is 3. The van der Waals surface area contributed by atoms with Crippen LogP contribution in [-0.4, -0.2) is 34.0 Å². The zero-order valence-electron chi connectivity index (χ0n) is 12.0. The molecule has 1 aromatic carbocycles. The number of aromatic nitrogens is 2. The van der Waals surface area contributed by atoms with Gasteiger partial charge >= 0.3 is 0 Å². The van der Waals surface area contributed by atoms with Gasteiger partial charge in [-0.2, -0.15) is 0 Å². The number of fused-ring (bicyclic) bond motifs is 1. The summed E-state index contributed by atoms with van der Waals surface area (Å²) in [5, 5.41) is 0.856. The number of hydrogen-bond acceptors (Lipinski definition) is 2. The SMILES string of the molecule is CCN(C)C(=O)C(C)n1c(CCl)nc2cc(Cl)c(Cl)cc21. The van der Waals surface area contributed by atoms with Crippen molar-refractivity contribution in [3.63, 3.8) is 0 Å². The summed E-state index contributed by atoms with van der Waals surface area (Å²) in [5.41, 5.74) is 1.43. The van der Waals surface area contributed by atoms with Crippen LogP contribution in [0.15, 0.2) is 12.1 Å². The summed E-state index contributed by atoms with van der Waals surface area (Å²) in [4.78, 5) is 18.5. The molecule has 0 aliphatic rings. The van der Waals surface area contributed by atoms with Crippen LogP contribution in [0.1, 0.15) is 25.7 Å². The van der Waals surface area contributed by atoms with E-state index >= 15 is 0 Å². The molecule has 0 fully saturated rings. The fraction of sp³-hybridized carbons (Fsp3) is 0.429. The standard InChI is InChI=1S/C14H16Cl3N3O/c1-4-19(3)14(21)8(2)20-12-6-10(17)9(16)5-11(12)18-13(20)7-15/h5-6,8H,4,7H2,1-3H3. The van der Waals surface area contributed by atoms with Gasteiger partial charge in [-0.1, -0.05) is 23.2 Å². The first-order chi connectivity index (χ1) is 9.90. The quantitative estimate of drug-likeness (QED) is 0.779. The van der Waals surface area contributed by atoms with Gasteiger partial charge in [0.2, 0.25) is 5.91 Å². The van der Waals surface area contributed by atoms with E-state index in [4.69, 9.17) is 34.8 Å². The highest BCUT2D eigenvalue weighted by molar-refractivity contribution is 6.42. The monoisotopic (exact) mass is 347 g/mol. The average molecular weight is 349 g/mol. The van der Waals surface area contributed by atoms with Gasteiger partial charge in [-0.15, -0.1) is 11.6 Å². The number of carbonyl (C=O) groups is 1. The first-order valence-corrected chi connectivity index (χ1v) is 7.86. The van der Waals surface area contributed by atoms with Gasteiger partial charge in [-0.3, -0.25) is 4.79 Å². The van der Waals surface area contributed by atoms with E-state index in [1.165, 1.54) is 0 Å². The van der Waals surface area contributed by atoms with Crippen molar-refractivity contribution in [1.29, 1.82) is 0 Å². The van der Waals surface area contributed by atoms with E-state index in [9.17, 15) is 4.79 Å². The third-order valence-electron chi connectivity index (χ3n) is 3.52. The van der Waals surface area contributed by atoms with Crippen LogP contribution in [-0.2, 0) is 10.7 Å². The molecule has 1 atom stereocenters. The van der Waals surface area contributed by atoms with Gasteiger partial charge in [-0.25, -0.2) is 4.98 Å². The van der Waals surface area contributed by atoms with Crippen LogP contribution in [0.3, 0.4) is 0 Å². The van der Waals surface area contributed by atoms with E-state index in [1.54, 1.807) is 24.1 Å². The molecule has 1 unspecified atom stereocenters. The molecular formula is C14H16Cl3N3O. The van der Waals surface area contributed by atoms with Crippen LogP contribution >= 0.6 is 34.8 Å². The fourth-order valence-corrected chi connectivity index (χ4v) is 2.76. The van der Waals surface area contributed by atoms with Crippen LogP contribution in [0.4, 0.5) is 0 Å². The van der Waals surface area contributed by atoms with Crippen LogP contribution in [0, 0.1) is 0 Å². The zero-order chi connectivity index (χ0) is 15.7. The predicted molar refractivity (Wildman–Crippen MR) is 87.3 cm³/mol. The maximum absolute atomic E-state index is 12.4. The van der Waals surface area contributed by atoms with Crippen LogP contribution < -0.4 is 0 Å². The lowest BCUT2D eigenvalue weighted by Gasteiger charge is -2.22. The van der Waals surface area contributed by atoms with Gasteiger partial charge in [0, 0.05) is 13.6 Å². The van der Waals surface area contributed by atoms with E-state index in [1.807, 2.05) is 18.4 Å². The number of rotatable bonds is 4. The highest BCUT2D eigenvalue weighted by Crippen LogP contribution is 2.31. The van der Waals surface area contributed by atoms with Crippen molar-refractivity contribution in [3.8, 4) is 0 Å². The second-order valence-corrected chi connectivity index (χ2v) is 5.90. The second kappa shape index (κ2) is 6.42. The molecule has 1 heterocycles. The second-order valence-electron chi connectivity index (χ2n) is 4.82. The van der Waals surface area contributed by atoms with Crippen LogP contribution in [0.5, 0.6) is 0 Å². The van der Waals surface area contributed by atoms with Crippen molar-refractivity contribution in [2.45, 2.75) is 25.8 Å². The summed E-state index contributed by atoms with van der Waals surface area (Å²) >= 11 is 18.1. The molecule has 0 bridgehead atoms. The van der Waals surface area contributed by atoms with Gasteiger partial charge in [-0.05, 0) is 26.0 Å². The van der Waals surface area contributed by atoms with Crippen molar-refractivity contribution < 1.29 is 4.79 Å². The molecular weight excluding hydrogens is 333 g/mol. The molecule has 0 saturated carbocycles. The van der Waals surface area contributed by atoms with Gasteiger partial charge < -0.3 is 9.47 Å². The first kappa shape index (κ1) is 16.4. The fourth-order valence-electron chi connectivity index (χ4n) is 2.25. The minimum atomic E-state index is -0.411. The molecule has 1 aromatic heterocycles. The topological polar surface area (TPSA) is 38.1 Å². The molecule has 114 valence electrons. The maximum atomic E-state index is 12.4. The number of hydrogen-bond donors (Lipinski definition) is 0. The highest BCUT2D eigenvalue weighted by atomic mass is 35.5. The lowest BCUT2D eigenvalue weighted by Crippen LogP contribution is -2.33.